The summed E-state index contributed by atoms with van der Waals surface area (Å²) in [4.78, 5) is 26.7. The number of aromatic nitrogens is 4. The van der Waals surface area contributed by atoms with Crippen molar-refractivity contribution in [3.63, 3.8) is 0 Å². The van der Waals surface area contributed by atoms with Crippen LogP contribution in [0.3, 0.4) is 0 Å². The van der Waals surface area contributed by atoms with E-state index >= 15 is 0 Å². The molecule has 3 aromatic heterocycles. The maximum atomic E-state index is 11.7. The number of nitrogens with zero attached hydrogens (tertiary/aromatic N) is 5. The van der Waals surface area contributed by atoms with Crippen LogP contribution in [0.15, 0.2) is 54.9 Å². The quantitative estimate of drug-likeness (QED) is 0.488. The number of nitrogen functional groups attached to an aromatic ring is 1. The molecule has 0 aliphatic heterocycles. The van der Waals surface area contributed by atoms with Crippen molar-refractivity contribution in [3.8, 4) is 17.1 Å². The fraction of sp³-hybridized carbons (Fsp3) is 0.250. The van der Waals surface area contributed by atoms with Crippen molar-refractivity contribution in [2.24, 2.45) is 0 Å². The highest BCUT2D eigenvalue weighted by Crippen LogP contribution is 2.30. The molecule has 4 aromatic rings. The molecule has 32 heavy (non-hydrogen) atoms. The fourth-order valence-corrected chi connectivity index (χ4v) is 3.62. The fourth-order valence-electron chi connectivity index (χ4n) is 3.62. The van der Waals surface area contributed by atoms with E-state index in [0.29, 0.717) is 23.8 Å². The molecule has 0 unspecified atom stereocenters. The lowest BCUT2D eigenvalue weighted by Gasteiger charge is -2.33. The minimum atomic E-state index is -0.948. The Morgan fingerprint density at radius 1 is 1.16 bits per heavy atom. The molecular formula is C24H26N6O2. The summed E-state index contributed by atoms with van der Waals surface area (Å²) in [5.41, 5.74) is 10.6. The molecule has 0 aliphatic carbocycles. The normalized spacial score (nSPS) is 11.6. The van der Waals surface area contributed by atoms with E-state index in [1.165, 1.54) is 4.90 Å². The number of aryl methyl sites for hydroxylation is 1. The molecule has 0 radical (unpaired) electrons. The molecule has 0 spiro atoms. The van der Waals surface area contributed by atoms with Gasteiger partial charge in [-0.05, 0) is 69.2 Å². The van der Waals surface area contributed by atoms with Crippen LogP contribution >= 0.6 is 0 Å². The summed E-state index contributed by atoms with van der Waals surface area (Å²) < 4.78 is 1.95. The van der Waals surface area contributed by atoms with E-state index in [4.69, 9.17) is 10.7 Å². The van der Waals surface area contributed by atoms with Crippen LogP contribution in [0, 0.1) is 6.92 Å². The van der Waals surface area contributed by atoms with Crippen molar-refractivity contribution in [2.45, 2.75) is 39.8 Å². The van der Waals surface area contributed by atoms with Gasteiger partial charge in [0.2, 0.25) is 0 Å². The number of benzene rings is 1. The Morgan fingerprint density at radius 2 is 1.88 bits per heavy atom. The summed E-state index contributed by atoms with van der Waals surface area (Å²) in [7, 11) is 0. The lowest BCUT2D eigenvalue weighted by atomic mass is 10.1. The number of fused-ring (bicyclic) bond motifs is 1. The minimum absolute atomic E-state index is 0.295. The van der Waals surface area contributed by atoms with Crippen LogP contribution in [-0.4, -0.2) is 41.2 Å². The summed E-state index contributed by atoms with van der Waals surface area (Å²) in [5.74, 6) is 1.04. The largest absolute Gasteiger partial charge is 0.465 e. The Balaban J connectivity index is 1.81. The maximum absolute atomic E-state index is 11.7. The van der Waals surface area contributed by atoms with Crippen molar-refractivity contribution in [2.75, 3.05) is 5.73 Å². The standard InChI is InChI=1S/C24H26N6O2/c1-15-12-19-22(27-13-15)30(21(28-19)18-6-5-11-26-20(18)25)17-9-7-16(8-10-17)14-29(23(31)32)24(2,3)4/h5-13H,14H2,1-4H3,(H2,25,26)(H,31,32). The molecule has 0 fully saturated rings. The van der Waals surface area contributed by atoms with Gasteiger partial charge in [0.1, 0.15) is 11.3 Å². The van der Waals surface area contributed by atoms with E-state index in [1.54, 1.807) is 12.4 Å². The highest BCUT2D eigenvalue weighted by atomic mass is 16.4. The number of carbonyl (C=O) groups is 1. The SMILES string of the molecule is Cc1cnc2c(c1)nc(-c1cccnc1N)n2-c1ccc(CN(C(=O)O)C(C)(C)C)cc1. The summed E-state index contributed by atoms with van der Waals surface area (Å²) in [6, 6.07) is 13.4. The van der Waals surface area contributed by atoms with Crippen LogP contribution in [0.2, 0.25) is 0 Å². The molecule has 0 atom stereocenters. The first-order valence-electron chi connectivity index (χ1n) is 10.3. The Hall–Kier alpha value is -3.94. The number of carboxylic acid groups (broad SMARTS) is 1. The lowest BCUT2D eigenvalue weighted by molar-refractivity contribution is 0.0955. The molecule has 4 rings (SSSR count). The Morgan fingerprint density at radius 3 is 2.50 bits per heavy atom. The predicted octanol–water partition coefficient (Wildman–Crippen LogP) is 4.65. The van der Waals surface area contributed by atoms with Gasteiger partial charge in [-0.15, -0.1) is 0 Å². The van der Waals surface area contributed by atoms with E-state index < -0.39 is 11.6 Å². The average Bonchev–Trinajstić information content (AvgIpc) is 3.10. The van der Waals surface area contributed by atoms with Gasteiger partial charge in [-0.3, -0.25) is 9.47 Å². The lowest BCUT2D eigenvalue weighted by Crippen LogP contribution is -2.44. The number of amides is 1. The predicted molar refractivity (Wildman–Crippen MR) is 125 cm³/mol. The van der Waals surface area contributed by atoms with Gasteiger partial charge in [0.15, 0.2) is 11.5 Å². The van der Waals surface area contributed by atoms with Crippen molar-refractivity contribution < 1.29 is 9.90 Å². The second kappa shape index (κ2) is 7.96. The van der Waals surface area contributed by atoms with Crippen molar-refractivity contribution in [3.05, 3.63) is 66.0 Å². The first-order valence-corrected chi connectivity index (χ1v) is 10.3. The van der Waals surface area contributed by atoms with Crippen LogP contribution in [0.1, 0.15) is 31.9 Å². The second-order valence-corrected chi connectivity index (χ2v) is 8.77. The molecular weight excluding hydrogens is 404 g/mol. The van der Waals surface area contributed by atoms with Gasteiger partial charge in [-0.1, -0.05) is 12.1 Å². The highest BCUT2D eigenvalue weighted by molar-refractivity contribution is 5.83. The van der Waals surface area contributed by atoms with Crippen LogP contribution in [0.25, 0.3) is 28.2 Å². The van der Waals surface area contributed by atoms with Gasteiger partial charge in [-0.2, -0.15) is 0 Å². The molecule has 3 heterocycles. The third-order valence-electron chi connectivity index (χ3n) is 5.29. The number of hydrogen-bond donors (Lipinski definition) is 2. The number of pyridine rings is 2. The van der Waals surface area contributed by atoms with Crippen LogP contribution < -0.4 is 5.73 Å². The number of rotatable bonds is 4. The van der Waals surface area contributed by atoms with Crippen molar-refractivity contribution in [1.29, 1.82) is 0 Å². The van der Waals surface area contributed by atoms with E-state index in [2.05, 4.69) is 9.97 Å². The summed E-state index contributed by atoms with van der Waals surface area (Å²) in [5, 5.41) is 9.59. The van der Waals surface area contributed by atoms with Gasteiger partial charge in [0.05, 0.1) is 5.56 Å². The number of imidazole rings is 1. The zero-order valence-corrected chi connectivity index (χ0v) is 18.6. The molecule has 1 aromatic carbocycles. The summed E-state index contributed by atoms with van der Waals surface area (Å²) >= 11 is 0. The summed E-state index contributed by atoms with van der Waals surface area (Å²) in [6.07, 6.45) is 2.50. The molecule has 3 N–H and O–H groups in total. The van der Waals surface area contributed by atoms with Gasteiger partial charge in [-0.25, -0.2) is 19.7 Å². The molecule has 0 saturated heterocycles. The minimum Gasteiger partial charge on any atom is -0.465 e. The molecule has 8 nitrogen and oxygen atoms in total. The Labute approximate surface area is 186 Å². The van der Waals surface area contributed by atoms with Crippen molar-refractivity contribution in [1.82, 2.24) is 24.4 Å². The molecule has 0 bridgehead atoms. The van der Waals surface area contributed by atoms with Gasteiger partial charge < -0.3 is 10.8 Å². The van der Waals surface area contributed by atoms with E-state index in [1.807, 2.05) is 74.7 Å². The monoisotopic (exact) mass is 430 g/mol. The van der Waals surface area contributed by atoms with E-state index in [9.17, 15) is 9.90 Å². The average molecular weight is 431 g/mol. The third-order valence-corrected chi connectivity index (χ3v) is 5.29. The van der Waals surface area contributed by atoms with Crippen LogP contribution in [0.5, 0.6) is 0 Å². The maximum Gasteiger partial charge on any atom is 0.408 e. The number of anilines is 1. The van der Waals surface area contributed by atoms with Crippen LogP contribution in [-0.2, 0) is 6.54 Å². The van der Waals surface area contributed by atoms with Crippen molar-refractivity contribution >= 4 is 23.1 Å². The zero-order valence-electron chi connectivity index (χ0n) is 18.6. The Bertz CT molecular complexity index is 1290. The number of hydrogen-bond acceptors (Lipinski definition) is 5. The van der Waals surface area contributed by atoms with E-state index in [-0.39, 0.29) is 0 Å². The zero-order chi connectivity index (χ0) is 23.0. The highest BCUT2D eigenvalue weighted by Gasteiger charge is 2.26. The molecule has 0 saturated carbocycles. The topological polar surface area (TPSA) is 110 Å². The first-order chi connectivity index (χ1) is 15.1. The Kier molecular flexibility index (Phi) is 5.30. The molecule has 8 heteroatoms. The first kappa shape index (κ1) is 21.3. The number of nitrogens with two attached hydrogens (primary N) is 1. The molecule has 164 valence electrons. The van der Waals surface area contributed by atoms with Gasteiger partial charge >= 0.3 is 6.09 Å². The van der Waals surface area contributed by atoms with Crippen LogP contribution in [0.4, 0.5) is 10.6 Å². The van der Waals surface area contributed by atoms with Gasteiger partial charge in [0, 0.05) is 30.2 Å². The smallest absolute Gasteiger partial charge is 0.408 e. The van der Waals surface area contributed by atoms with Gasteiger partial charge in [0.25, 0.3) is 0 Å². The second-order valence-electron chi connectivity index (χ2n) is 8.77. The molecule has 0 aliphatic rings. The summed E-state index contributed by atoms with van der Waals surface area (Å²) in [6.45, 7) is 7.91. The van der Waals surface area contributed by atoms with E-state index in [0.717, 1.165) is 27.9 Å². The molecule has 1 amide bonds. The third kappa shape index (κ3) is 3.99.